The molecule has 0 spiro atoms. The summed E-state index contributed by atoms with van der Waals surface area (Å²) in [4.78, 5) is 0. The van der Waals surface area contributed by atoms with E-state index in [1.165, 1.54) is 15.6 Å². The summed E-state index contributed by atoms with van der Waals surface area (Å²) in [6.45, 7) is 4.45. The van der Waals surface area contributed by atoms with E-state index < -0.39 is 5.60 Å². The van der Waals surface area contributed by atoms with E-state index in [0.29, 0.717) is 5.92 Å². The van der Waals surface area contributed by atoms with Crippen LogP contribution >= 0.6 is 15.9 Å². The first-order valence-corrected chi connectivity index (χ1v) is 6.84. The molecule has 0 amide bonds. The molecule has 1 aliphatic rings. The molecule has 16 heavy (non-hydrogen) atoms. The lowest BCUT2D eigenvalue weighted by Crippen LogP contribution is -2.10. The van der Waals surface area contributed by atoms with Gasteiger partial charge < -0.3 is 5.11 Å². The molecule has 1 N–H and O–H groups in total. The second-order valence-corrected chi connectivity index (χ2v) is 5.92. The monoisotopic (exact) mass is 282 g/mol. The van der Waals surface area contributed by atoms with Crippen molar-refractivity contribution in [3.05, 3.63) is 33.8 Å². The highest BCUT2D eigenvalue weighted by molar-refractivity contribution is 9.10. The van der Waals surface area contributed by atoms with Gasteiger partial charge in [-0.05, 0) is 42.4 Å². The van der Waals surface area contributed by atoms with Gasteiger partial charge >= 0.3 is 0 Å². The van der Waals surface area contributed by atoms with Crippen LogP contribution in [0.15, 0.2) is 22.7 Å². The maximum Gasteiger partial charge on any atom is 0.0690 e. The minimum atomic E-state index is -0.392. The fourth-order valence-corrected chi connectivity index (χ4v) is 2.82. The van der Waals surface area contributed by atoms with E-state index in [0.717, 1.165) is 25.7 Å². The fourth-order valence-electron chi connectivity index (χ4n) is 2.00. The van der Waals surface area contributed by atoms with Crippen LogP contribution in [-0.4, -0.2) is 10.7 Å². The Morgan fingerprint density at radius 3 is 2.62 bits per heavy atom. The van der Waals surface area contributed by atoms with Gasteiger partial charge in [-0.15, -0.1) is 0 Å². The topological polar surface area (TPSA) is 20.2 Å². The molecule has 1 aromatic carbocycles. The lowest BCUT2D eigenvalue weighted by molar-refractivity contribution is 0.151. The summed E-state index contributed by atoms with van der Waals surface area (Å²) >= 11 is 3.63. The first-order chi connectivity index (χ1) is 7.54. The molecule has 0 heterocycles. The summed E-state index contributed by atoms with van der Waals surface area (Å²) in [7, 11) is 0. The van der Waals surface area contributed by atoms with Crippen LogP contribution in [0.1, 0.15) is 50.2 Å². The van der Waals surface area contributed by atoms with Crippen molar-refractivity contribution in [2.24, 2.45) is 0 Å². The molecule has 0 aromatic heterocycles. The molecule has 0 bridgehead atoms. The second kappa shape index (κ2) is 4.50. The Kier molecular flexibility index (Phi) is 3.41. The van der Waals surface area contributed by atoms with Gasteiger partial charge in [0.25, 0.3) is 0 Å². The minimum Gasteiger partial charge on any atom is -0.390 e. The molecule has 1 aliphatic carbocycles. The summed E-state index contributed by atoms with van der Waals surface area (Å²) in [5.41, 5.74) is 2.21. The quantitative estimate of drug-likeness (QED) is 0.884. The molecule has 88 valence electrons. The standard InChI is InChI=1S/C14H19BrO/c1-3-10(2)12-5-4-11(8-13(12)15)9-14(16)6-7-14/h4-5,8,10,16H,3,6-7,9H2,1-2H3. The first-order valence-electron chi connectivity index (χ1n) is 6.05. The van der Waals surface area contributed by atoms with Crippen molar-refractivity contribution in [2.45, 2.75) is 51.0 Å². The number of hydrogen-bond acceptors (Lipinski definition) is 1. The Balaban J connectivity index is 2.15. The van der Waals surface area contributed by atoms with E-state index in [1.54, 1.807) is 0 Å². The summed E-state index contributed by atoms with van der Waals surface area (Å²) in [5, 5.41) is 9.88. The maximum atomic E-state index is 9.88. The van der Waals surface area contributed by atoms with Crippen LogP contribution in [-0.2, 0) is 6.42 Å². The summed E-state index contributed by atoms with van der Waals surface area (Å²) in [6, 6.07) is 6.51. The molecular weight excluding hydrogens is 264 g/mol. The number of aliphatic hydroxyl groups is 1. The van der Waals surface area contributed by atoms with E-state index in [1.807, 2.05) is 0 Å². The zero-order chi connectivity index (χ0) is 11.8. The van der Waals surface area contributed by atoms with Crippen molar-refractivity contribution in [1.29, 1.82) is 0 Å². The van der Waals surface area contributed by atoms with Gasteiger partial charge in [0.05, 0.1) is 5.60 Å². The van der Waals surface area contributed by atoms with Gasteiger partial charge in [-0.25, -0.2) is 0 Å². The Labute approximate surface area is 106 Å². The Morgan fingerprint density at radius 2 is 2.12 bits per heavy atom. The lowest BCUT2D eigenvalue weighted by atomic mass is 9.96. The highest BCUT2D eigenvalue weighted by atomic mass is 79.9. The van der Waals surface area contributed by atoms with Crippen LogP contribution in [0, 0.1) is 0 Å². The molecule has 0 saturated heterocycles. The van der Waals surface area contributed by atoms with Crippen LogP contribution < -0.4 is 0 Å². The van der Waals surface area contributed by atoms with E-state index in [9.17, 15) is 5.11 Å². The van der Waals surface area contributed by atoms with E-state index >= 15 is 0 Å². The number of hydrogen-bond donors (Lipinski definition) is 1. The molecule has 1 saturated carbocycles. The average Bonchev–Trinajstić information content (AvgIpc) is 2.95. The van der Waals surface area contributed by atoms with Crippen LogP contribution in [0.25, 0.3) is 0 Å². The molecule has 0 radical (unpaired) electrons. The average molecular weight is 283 g/mol. The number of halogens is 1. The van der Waals surface area contributed by atoms with E-state index in [2.05, 4.69) is 48.0 Å². The molecule has 0 aliphatic heterocycles. The molecule has 2 rings (SSSR count). The summed E-state index contributed by atoms with van der Waals surface area (Å²) in [5.74, 6) is 0.590. The molecular formula is C14H19BrO. The third-order valence-electron chi connectivity index (χ3n) is 3.57. The summed E-state index contributed by atoms with van der Waals surface area (Å²) in [6.07, 6.45) is 3.86. The Morgan fingerprint density at radius 1 is 1.44 bits per heavy atom. The van der Waals surface area contributed by atoms with Crippen molar-refractivity contribution in [3.63, 3.8) is 0 Å². The third-order valence-corrected chi connectivity index (χ3v) is 4.26. The zero-order valence-corrected chi connectivity index (χ0v) is 11.5. The molecule has 1 aromatic rings. The zero-order valence-electron chi connectivity index (χ0n) is 9.96. The highest BCUT2D eigenvalue weighted by Crippen LogP contribution is 2.39. The van der Waals surface area contributed by atoms with Crippen LogP contribution in [0.5, 0.6) is 0 Å². The van der Waals surface area contributed by atoms with Crippen LogP contribution in [0.2, 0.25) is 0 Å². The first kappa shape index (κ1) is 12.1. The van der Waals surface area contributed by atoms with E-state index in [4.69, 9.17) is 0 Å². The van der Waals surface area contributed by atoms with E-state index in [-0.39, 0.29) is 0 Å². The molecule has 1 fully saturated rings. The number of benzene rings is 1. The predicted molar refractivity (Wildman–Crippen MR) is 70.7 cm³/mol. The van der Waals surface area contributed by atoms with Gasteiger partial charge in [0.15, 0.2) is 0 Å². The number of rotatable bonds is 4. The molecule has 1 atom stereocenters. The predicted octanol–water partition coefficient (Wildman–Crippen LogP) is 4.03. The largest absolute Gasteiger partial charge is 0.390 e. The van der Waals surface area contributed by atoms with Crippen molar-refractivity contribution in [3.8, 4) is 0 Å². The third kappa shape index (κ3) is 2.67. The SMILES string of the molecule is CCC(C)c1ccc(CC2(O)CC2)cc1Br. The van der Waals surface area contributed by atoms with Crippen molar-refractivity contribution >= 4 is 15.9 Å². The lowest BCUT2D eigenvalue weighted by Gasteiger charge is -2.14. The molecule has 2 heteroatoms. The summed E-state index contributed by atoms with van der Waals surface area (Å²) < 4.78 is 1.18. The highest BCUT2D eigenvalue weighted by Gasteiger charge is 2.40. The van der Waals surface area contributed by atoms with Gasteiger partial charge in [-0.1, -0.05) is 41.9 Å². The smallest absolute Gasteiger partial charge is 0.0690 e. The van der Waals surface area contributed by atoms with Gasteiger partial charge in [0.2, 0.25) is 0 Å². The van der Waals surface area contributed by atoms with Crippen molar-refractivity contribution in [2.75, 3.05) is 0 Å². The van der Waals surface area contributed by atoms with Gasteiger partial charge in [0.1, 0.15) is 0 Å². The second-order valence-electron chi connectivity index (χ2n) is 5.07. The van der Waals surface area contributed by atoms with Gasteiger partial charge in [-0.2, -0.15) is 0 Å². The molecule has 1 unspecified atom stereocenters. The normalized spacial score (nSPS) is 19.5. The van der Waals surface area contributed by atoms with Gasteiger partial charge in [0, 0.05) is 10.9 Å². The maximum absolute atomic E-state index is 9.88. The molecule has 1 nitrogen and oxygen atoms in total. The van der Waals surface area contributed by atoms with Crippen LogP contribution in [0.4, 0.5) is 0 Å². The van der Waals surface area contributed by atoms with Crippen molar-refractivity contribution in [1.82, 2.24) is 0 Å². The minimum absolute atomic E-state index is 0.392. The Bertz CT molecular complexity index is 382. The Hall–Kier alpha value is -0.340. The van der Waals surface area contributed by atoms with Crippen LogP contribution in [0.3, 0.4) is 0 Å². The van der Waals surface area contributed by atoms with Gasteiger partial charge in [-0.3, -0.25) is 0 Å². The fraction of sp³-hybridized carbons (Fsp3) is 0.571. The van der Waals surface area contributed by atoms with Crippen molar-refractivity contribution < 1.29 is 5.11 Å².